The molecule has 2 N–H and O–H groups in total. The maximum absolute atomic E-state index is 12.4. The lowest BCUT2D eigenvalue weighted by atomic mass is 10.1. The van der Waals surface area contributed by atoms with E-state index in [4.69, 9.17) is 11.0 Å². The molecule has 0 saturated heterocycles. The van der Waals surface area contributed by atoms with Crippen molar-refractivity contribution < 1.29 is 4.79 Å². The molecule has 1 amide bonds. The van der Waals surface area contributed by atoms with Crippen molar-refractivity contribution in [2.45, 2.75) is 25.3 Å². The molecule has 1 aliphatic carbocycles. The second-order valence-corrected chi connectivity index (χ2v) is 5.23. The second-order valence-electron chi connectivity index (χ2n) is 4.37. The summed E-state index contributed by atoms with van der Waals surface area (Å²) in [7, 11) is 0. The van der Waals surface area contributed by atoms with Gasteiger partial charge in [0.05, 0.1) is 12.5 Å². The molecule has 5 heteroatoms. The topological polar surface area (TPSA) is 70.1 Å². The molecule has 1 aromatic rings. The number of amides is 1. The molecule has 0 aromatic heterocycles. The number of benzene rings is 1. The molecule has 0 radical (unpaired) electrons. The molecular weight excluding hydrogens is 294 g/mol. The van der Waals surface area contributed by atoms with E-state index in [2.05, 4.69) is 22.0 Å². The summed E-state index contributed by atoms with van der Waals surface area (Å²) in [6.45, 7) is 0.502. The number of carbonyl (C=O) groups is 1. The van der Waals surface area contributed by atoms with Crippen LogP contribution in [-0.2, 0) is 0 Å². The van der Waals surface area contributed by atoms with E-state index in [-0.39, 0.29) is 5.91 Å². The fourth-order valence-electron chi connectivity index (χ4n) is 1.83. The van der Waals surface area contributed by atoms with E-state index in [1.165, 1.54) is 0 Å². The number of nitriles is 1. The summed E-state index contributed by atoms with van der Waals surface area (Å²) in [6, 6.07) is 7.57. The van der Waals surface area contributed by atoms with E-state index in [0.29, 0.717) is 30.3 Å². The van der Waals surface area contributed by atoms with Crippen molar-refractivity contribution in [3.8, 4) is 6.07 Å². The molecule has 4 nitrogen and oxygen atoms in total. The number of anilines is 1. The lowest BCUT2D eigenvalue weighted by Crippen LogP contribution is -2.33. The van der Waals surface area contributed by atoms with Crippen LogP contribution in [0.15, 0.2) is 22.7 Å². The van der Waals surface area contributed by atoms with Gasteiger partial charge in [0, 0.05) is 28.3 Å². The minimum absolute atomic E-state index is 0.0200. The van der Waals surface area contributed by atoms with Crippen molar-refractivity contribution in [2.24, 2.45) is 0 Å². The molecule has 0 unspecified atom stereocenters. The first-order valence-electron chi connectivity index (χ1n) is 5.86. The minimum Gasteiger partial charge on any atom is -0.398 e. The van der Waals surface area contributed by atoms with Crippen LogP contribution in [0, 0.1) is 11.3 Å². The average molecular weight is 308 g/mol. The maximum Gasteiger partial charge on any atom is 0.254 e. The van der Waals surface area contributed by atoms with Crippen LogP contribution in [-0.4, -0.2) is 23.4 Å². The molecule has 0 aliphatic heterocycles. The van der Waals surface area contributed by atoms with Crippen molar-refractivity contribution >= 4 is 27.5 Å². The van der Waals surface area contributed by atoms with Gasteiger partial charge in [-0.15, -0.1) is 0 Å². The first-order valence-corrected chi connectivity index (χ1v) is 6.65. The van der Waals surface area contributed by atoms with Crippen molar-refractivity contribution in [1.29, 1.82) is 5.26 Å². The fraction of sp³-hybridized carbons (Fsp3) is 0.385. The summed E-state index contributed by atoms with van der Waals surface area (Å²) in [5.74, 6) is -0.0200. The summed E-state index contributed by atoms with van der Waals surface area (Å²) < 4.78 is 0.726. The van der Waals surface area contributed by atoms with E-state index in [1.54, 1.807) is 23.1 Å². The van der Waals surface area contributed by atoms with E-state index in [1.807, 2.05) is 0 Å². The first-order chi connectivity index (χ1) is 8.63. The number of nitrogen functional groups attached to an aromatic ring is 1. The van der Waals surface area contributed by atoms with Crippen LogP contribution in [0.1, 0.15) is 29.6 Å². The third-order valence-electron chi connectivity index (χ3n) is 2.96. The number of halogens is 1. The largest absolute Gasteiger partial charge is 0.398 e. The fourth-order valence-corrected chi connectivity index (χ4v) is 2.21. The lowest BCUT2D eigenvalue weighted by Gasteiger charge is -2.21. The van der Waals surface area contributed by atoms with Crippen LogP contribution in [0.3, 0.4) is 0 Å². The monoisotopic (exact) mass is 307 g/mol. The van der Waals surface area contributed by atoms with Gasteiger partial charge in [-0.2, -0.15) is 5.26 Å². The van der Waals surface area contributed by atoms with Gasteiger partial charge in [-0.3, -0.25) is 4.79 Å². The normalized spacial score (nSPS) is 14.0. The van der Waals surface area contributed by atoms with E-state index < -0.39 is 0 Å². The van der Waals surface area contributed by atoms with Gasteiger partial charge in [0.2, 0.25) is 0 Å². The molecule has 1 fully saturated rings. The van der Waals surface area contributed by atoms with Crippen molar-refractivity contribution in [3.05, 3.63) is 28.2 Å². The predicted molar refractivity (Wildman–Crippen MR) is 72.8 cm³/mol. The van der Waals surface area contributed by atoms with Gasteiger partial charge in [-0.05, 0) is 47.0 Å². The summed E-state index contributed by atoms with van der Waals surface area (Å²) in [6.07, 6.45) is 2.44. The number of hydrogen-bond donors (Lipinski definition) is 1. The van der Waals surface area contributed by atoms with Crippen LogP contribution >= 0.6 is 15.9 Å². The number of nitrogens with zero attached hydrogens (tertiary/aromatic N) is 2. The average Bonchev–Trinajstić information content (AvgIpc) is 3.17. The van der Waals surface area contributed by atoms with Crippen LogP contribution in [0.5, 0.6) is 0 Å². The highest BCUT2D eigenvalue weighted by Crippen LogP contribution is 2.29. The van der Waals surface area contributed by atoms with Crippen LogP contribution in [0.25, 0.3) is 0 Å². The van der Waals surface area contributed by atoms with Crippen molar-refractivity contribution in [3.63, 3.8) is 0 Å². The Morgan fingerprint density at radius 1 is 1.56 bits per heavy atom. The van der Waals surface area contributed by atoms with Gasteiger partial charge >= 0.3 is 0 Å². The van der Waals surface area contributed by atoms with Crippen LogP contribution in [0.4, 0.5) is 5.69 Å². The number of carbonyl (C=O) groups excluding carboxylic acids is 1. The Morgan fingerprint density at radius 2 is 2.28 bits per heavy atom. The Hall–Kier alpha value is -1.54. The summed E-state index contributed by atoms with van der Waals surface area (Å²) >= 11 is 3.32. The summed E-state index contributed by atoms with van der Waals surface area (Å²) in [5, 5.41) is 8.64. The smallest absolute Gasteiger partial charge is 0.254 e. The summed E-state index contributed by atoms with van der Waals surface area (Å²) in [5.41, 5.74) is 6.93. The van der Waals surface area contributed by atoms with Gasteiger partial charge in [-0.1, -0.05) is 0 Å². The van der Waals surface area contributed by atoms with E-state index >= 15 is 0 Å². The van der Waals surface area contributed by atoms with Gasteiger partial charge in [0.1, 0.15) is 0 Å². The molecule has 0 spiro atoms. The SMILES string of the molecule is N#CCCN(C(=O)c1ccc(N)c(Br)c1)C1CC1. The summed E-state index contributed by atoms with van der Waals surface area (Å²) in [4.78, 5) is 14.1. The van der Waals surface area contributed by atoms with E-state index in [0.717, 1.165) is 17.3 Å². The van der Waals surface area contributed by atoms with Crippen LogP contribution in [0.2, 0.25) is 0 Å². The Labute approximate surface area is 115 Å². The lowest BCUT2D eigenvalue weighted by molar-refractivity contribution is 0.0747. The second kappa shape index (κ2) is 5.40. The van der Waals surface area contributed by atoms with Crippen molar-refractivity contribution in [1.82, 2.24) is 4.90 Å². The Morgan fingerprint density at radius 3 is 2.83 bits per heavy atom. The molecule has 0 atom stereocenters. The molecule has 18 heavy (non-hydrogen) atoms. The number of rotatable bonds is 4. The van der Waals surface area contributed by atoms with Crippen molar-refractivity contribution in [2.75, 3.05) is 12.3 Å². The first kappa shape index (κ1) is 12.9. The molecule has 1 aliphatic rings. The zero-order valence-electron chi connectivity index (χ0n) is 9.90. The van der Waals surface area contributed by atoms with E-state index in [9.17, 15) is 4.79 Å². The van der Waals surface area contributed by atoms with Crippen LogP contribution < -0.4 is 5.73 Å². The van der Waals surface area contributed by atoms with Gasteiger partial charge in [-0.25, -0.2) is 0 Å². The molecule has 1 aromatic carbocycles. The Balaban J connectivity index is 2.17. The zero-order valence-corrected chi connectivity index (χ0v) is 11.5. The standard InChI is InChI=1S/C13H14BrN3O/c14-11-8-9(2-5-12(11)16)13(18)17(7-1-6-15)10-3-4-10/h2,5,8,10H,1,3-4,7,16H2. The Bertz CT molecular complexity index is 505. The number of hydrogen-bond acceptors (Lipinski definition) is 3. The highest BCUT2D eigenvalue weighted by Gasteiger charge is 2.32. The van der Waals surface area contributed by atoms with Gasteiger partial charge in [0.15, 0.2) is 0 Å². The number of nitrogens with two attached hydrogens (primary N) is 1. The molecule has 94 valence electrons. The molecule has 1 saturated carbocycles. The quantitative estimate of drug-likeness (QED) is 0.869. The molecule has 2 rings (SSSR count). The molecule has 0 heterocycles. The third kappa shape index (κ3) is 2.82. The third-order valence-corrected chi connectivity index (χ3v) is 3.65. The van der Waals surface area contributed by atoms with Gasteiger partial charge < -0.3 is 10.6 Å². The predicted octanol–water partition coefficient (Wildman–Crippen LogP) is 2.55. The maximum atomic E-state index is 12.4. The minimum atomic E-state index is -0.0200. The zero-order chi connectivity index (χ0) is 13.1. The Kier molecular flexibility index (Phi) is 3.87. The highest BCUT2D eigenvalue weighted by molar-refractivity contribution is 9.10. The van der Waals surface area contributed by atoms with Gasteiger partial charge in [0.25, 0.3) is 5.91 Å². The molecule has 0 bridgehead atoms. The highest BCUT2D eigenvalue weighted by atomic mass is 79.9. The molecular formula is C13H14BrN3O.